The first-order valence-corrected chi connectivity index (χ1v) is 10.2. The molecule has 21 heavy (non-hydrogen) atoms. The zero-order valence-corrected chi connectivity index (χ0v) is 13.7. The molecule has 1 saturated heterocycles. The first-order valence-electron chi connectivity index (χ1n) is 7.10. The zero-order chi connectivity index (χ0) is 15.6. The number of carboxylic acids is 1. The molecule has 6 nitrogen and oxygen atoms in total. The van der Waals surface area contributed by atoms with E-state index < -0.39 is 27.1 Å². The number of sulfone groups is 1. The van der Waals surface area contributed by atoms with Gasteiger partial charge in [0.05, 0.1) is 5.92 Å². The molecule has 3 atom stereocenters. The molecule has 3 unspecified atom stereocenters. The summed E-state index contributed by atoms with van der Waals surface area (Å²) in [4.78, 5) is 25.2. The third kappa shape index (κ3) is 3.91. The lowest BCUT2D eigenvalue weighted by Crippen LogP contribution is -2.52. The summed E-state index contributed by atoms with van der Waals surface area (Å²) in [5.74, 6) is -0.749. The topological polar surface area (TPSA) is 91.8 Å². The summed E-state index contributed by atoms with van der Waals surface area (Å²) in [5, 5.41) is 8.34. The standard InChI is InChI=1S/C13H21NO5S2/c1-21(18,19)11-8-20-6-5-14(11)12(15)9-3-2-4-10(7-9)13(16)17/h9-11H,2-8H2,1H3,(H,16,17). The molecule has 0 radical (unpaired) electrons. The number of aliphatic carboxylic acids is 1. The Morgan fingerprint density at radius 3 is 2.52 bits per heavy atom. The molecular formula is C13H21NO5S2. The number of carbonyl (C=O) groups excluding carboxylic acids is 1. The third-order valence-corrected chi connectivity index (χ3v) is 6.88. The van der Waals surface area contributed by atoms with Crippen LogP contribution in [0.3, 0.4) is 0 Å². The Labute approximate surface area is 129 Å². The van der Waals surface area contributed by atoms with Gasteiger partial charge in [-0.25, -0.2) is 8.42 Å². The van der Waals surface area contributed by atoms with E-state index in [0.717, 1.165) is 12.0 Å². The Bertz CT molecular complexity index is 519. The minimum Gasteiger partial charge on any atom is -0.481 e. The molecule has 0 bridgehead atoms. The molecule has 1 aliphatic carbocycles. The van der Waals surface area contributed by atoms with Crippen LogP contribution in [-0.4, -0.2) is 60.0 Å². The van der Waals surface area contributed by atoms with E-state index in [2.05, 4.69) is 0 Å². The number of thioether (sulfide) groups is 1. The fourth-order valence-electron chi connectivity index (χ4n) is 3.06. The summed E-state index contributed by atoms with van der Waals surface area (Å²) < 4.78 is 23.7. The van der Waals surface area contributed by atoms with Crippen LogP contribution in [0, 0.1) is 11.8 Å². The number of nitrogens with zero attached hydrogens (tertiary/aromatic N) is 1. The summed E-state index contributed by atoms with van der Waals surface area (Å²) in [5.41, 5.74) is 0. The van der Waals surface area contributed by atoms with Crippen LogP contribution in [0.4, 0.5) is 0 Å². The molecule has 0 spiro atoms. The molecule has 0 aromatic heterocycles. The van der Waals surface area contributed by atoms with Gasteiger partial charge in [-0.3, -0.25) is 9.59 Å². The van der Waals surface area contributed by atoms with E-state index in [1.54, 1.807) is 0 Å². The second-order valence-corrected chi connectivity index (χ2v) is 9.14. The van der Waals surface area contributed by atoms with Crippen LogP contribution in [0.2, 0.25) is 0 Å². The van der Waals surface area contributed by atoms with Crippen molar-refractivity contribution >= 4 is 33.5 Å². The van der Waals surface area contributed by atoms with Crippen LogP contribution in [0.25, 0.3) is 0 Å². The van der Waals surface area contributed by atoms with E-state index in [1.807, 2.05) is 0 Å². The molecule has 0 aromatic carbocycles. The van der Waals surface area contributed by atoms with Crippen molar-refractivity contribution in [1.29, 1.82) is 0 Å². The molecule has 1 amide bonds. The van der Waals surface area contributed by atoms with Gasteiger partial charge in [0.15, 0.2) is 9.84 Å². The van der Waals surface area contributed by atoms with E-state index in [4.69, 9.17) is 5.11 Å². The first-order chi connectivity index (χ1) is 9.80. The monoisotopic (exact) mass is 335 g/mol. The lowest BCUT2D eigenvalue weighted by atomic mass is 9.80. The first kappa shape index (κ1) is 16.6. The highest BCUT2D eigenvalue weighted by molar-refractivity contribution is 8.00. The van der Waals surface area contributed by atoms with Gasteiger partial charge in [-0.2, -0.15) is 11.8 Å². The molecule has 2 aliphatic rings. The van der Waals surface area contributed by atoms with Gasteiger partial charge in [-0.1, -0.05) is 6.42 Å². The largest absolute Gasteiger partial charge is 0.481 e. The molecule has 1 aliphatic heterocycles. The summed E-state index contributed by atoms with van der Waals surface area (Å²) in [6.07, 6.45) is 3.45. The van der Waals surface area contributed by atoms with Gasteiger partial charge in [0.25, 0.3) is 0 Å². The molecule has 1 heterocycles. The molecule has 120 valence electrons. The second kappa shape index (κ2) is 6.56. The number of carboxylic acid groups (broad SMARTS) is 1. The van der Waals surface area contributed by atoms with Crippen LogP contribution in [0.5, 0.6) is 0 Å². The predicted octanol–water partition coefficient (Wildman–Crippen LogP) is 0.823. The highest BCUT2D eigenvalue weighted by Crippen LogP contribution is 2.32. The Kier molecular flexibility index (Phi) is 5.19. The zero-order valence-electron chi connectivity index (χ0n) is 12.0. The van der Waals surface area contributed by atoms with Crippen LogP contribution < -0.4 is 0 Å². The molecule has 8 heteroatoms. The lowest BCUT2D eigenvalue weighted by molar-refractivity contribution is -0.145. The van der Waals surface area contributed by atoms with Crippen molar-refractivity contribution in [2.24, 2.45) is 11.8 Å². The van der Waals surface area contributed by atoms with Gasteiger partial charge in [0.1, 0.15) is 5.37 Å². The van der Waals surface area contributed by atoms with Gasteiger partial charge >= 0.3 is 5.97 Å². The molecule has 1 saturated carbocycles. The maximum absolute atomic E-state index is 12.6. The third-order valence-electron chi connectivity index (χ3n) is 4.23. The Morgan fingerprint density at radius 1 is 1.24 bits per heavy atom. The molecule has 2 fully saturated rings. The van der Waals surface area contributed by atoms with Gasteiger partial charge in [-0.15, -0.1) is 0 Å². The maximum Gasteiger partial charge on any atom is 0.306 e. The molecular weight excluding hydrogens is 314 g/mol. The Hall–Kier alpha value is -0.760. The highest BCUT2D eigenvalue weighted by Gasteiger charge is 2.39. The van der Waals surface area contributed by atoms with Crippen molar-refractivity contribution < 1.29 is 23.1 Å². The van der Waals surface area contributed by atoms with Crippen molar-refractivity contribution in [3.8, 4) is 0 Å². The average molecular weight is 335 g/mol. The van der Waals surface area contributed by atoms with Gasteiger partial charge in [0.2, 0.25) is 5.91 Å². The summed E-state index contributed by atoms with van der Waals surface area (Å²) in [6, 6.07) is 0. The van der Waals surface area contributed by atoms with Crippen molar-refractivity contribution in [2.45, 2.75) is 31.1 Å². The fourth-order valence-corrected chi connectivity index (χ4v) is 5.88. The summed E-state index contributed by atoms with van der Waals surface area (Å²) in [7, 11) is -3.32. The smallest absolute Gasteiger partial charge is 0.306 e. The fraction of sp³-hybridized carbons (Fsp3) is 0.846. The van der Waals surface area contributed by atoms with Gasteiger partial charge < -0.3 is 10.0 Å². The van der Waals surface area contributed by atoms with Crippen LogP contribution >= 0.6 is 11.8 Å². The Balaban J connectivity index is 2.12. The van der Waals surface area contributed by atoms with Crippen LogP contribution in [0.1, 0.15) is 25.7 Å². The summed E-state index contributed by atoms with van der Waals surface area (Å²) >= 11 is 1.54. The maximum atomic E-state index is 12.6. The SMILES string of the molecule is CS(=O)(=O)C1CSCCN1C(=O)C1CCCC(C(=O)O)C1. The second-order valence-electron chi connectivity index (χ2n) is 5.79. The van der Waals surface area contributed by atoms with Crippen LogP contribution in [0.15, 0.2) is 0 Å². The number of hydrogen-bond acceptors (Lipinski definition) is 5. The van der Waals surface area contributed by atoms with Crippen molar-refractivity contribution in [2.75, 3.05) is 24.3 Å². The number of rotatable bonds is 3. The van der Waals surface area contributed by atoms with Gasteiger partial charge in [-0.05, 0) is 19.3 Å². The van der Waals surface area contributed by atoms with E-state index >= 15 is 0 Å². The predicted molar refractivity (Wildman–Crippen MR) is 80.8 cm³/mol. The summed E-state index contributed by atoms with van der Waals surface area (Å²) in [6.45, 7) is 0.426. The minimum absolute atomic E-state index is 0.184. The quantitative estimate of drug-likeness (QED) is 0.821. The highest BCUT2D eigenvalue weighted by atomic mass is 32.2. The normalized spacial score (nSPS) is 30.9. The minimum atomic E-state index is -3.32. The van der Waals surface area contributed by atoms with Crippen LogP contribution in [-0.2, 0) is 19.4 Å². The van der Waals surface area contributed by atoms with E-state index in [9.17, 15) is 18.0 Å². The van der Waals surface area contributed by atoms with E-state index in [0.29, 0.717) is 38.0 Å². The average Bonchev–Trinajstić information content (AvgIpc) is 2.45. The molecule has 1 N–H and O–H groups in total. The lowest BCUT2D eigenvalue weighted by Gasteiger charge is -2.37. The Morgan fingerprint density at radius 2 is 1.90 bits per heavy atom. The van der Waals surface area contributed by atoms with Crippen molar-refractivity contribution in [1.82, 2.24) is 4.90 Å². The van der Waals surface area contributed by atoms with Crippen molar-refractivity contribution in [3.05, 3.63) is 0 Å². The number of carbonyl (C=O) groups is 2. The molecule has 0 aromatic rings. The van der Waals surface area contributed by atoms with E-state index in [-0.39, 0.29) is 11.8 Å². The van der Waals surface area contributed by atoms with E-state index in [1.165, 1.54) is 16.7 Å². The van der Waals surface area contributed by atoms with Gasteiger partial charge in [0, 0.05) is 30.2 Å². The number of hydrogen-bond donors (Lipinski definition) is 1. The van der Waals surface area contributed by atoms with Crippen molar-refractivity contribution in [3.63, 3.8) is 0 Å². The molecule has 2 rings (SSSR count). The number of amides is 1.